The summed E-state index contributed by atoms with van der Waals surface area (Å²) in [4.78, 5) is 17.2. The molecule has 0 aromatic carbocycles. The molecule has 6 nitrogen and oxygen atoms in total. The highest BCUT2D eigenvalue weighted by Gasteiger charge is 2.36. The number of nitrogens with one attached hydrogen (secondary N) is 1. The molecule has 2 fully saturated rings. The van der Waals surface area contributed by atoms with Crippen LogP contribution >= 0.6 is 11.6 Å². The Morgan fingerprint density at radius 3 is 2.67 bits per heavy atom. The van der Waals surface area contributed by atoms with Crippen LogP contribution in [0.1, 0.15) is 32.1 Å². The molecule has 2 aliphatic heterocycles. The fourth-order valence-corrected chi connectivity index (χ4v) is 3.76. The van der Waals surface area contributed by atoms with E-state index in [1.54, 1.807) is 0 Å². The van der Waals surface area contributed by atoms with Crippen molar-refractivity contribution in [1.29, 1.82) is 0 Å². The molecular formula is C14H19ClN4O2. The number of piperidine rings is 2. The minimum Gasteiger partial charge on any atom is -0.361 e. The minimum atomic E-state index is -0.415. The van der Waals surface area contributed by atoms with E-state index in [1.165, 1.54) is 31.4 Å². The molecule has 1 N–H and O–H groups in total. The van der Waals surface area contributed by atoms with Crippen LogP contribution in [0.2, 0.25) is 5.15 Å². The summed E-state index contributed by atoms with van der Waals surface area (Å²) >= 11 is 5.88. The summed E-state index contributed by atoms with van der Waals surface area (Å²) in [5.74, 6) is 0.292. The molecule has 0 aliphatic carbocycles. The second-order valence-electron chi connectivity index (χ2n) is 5.98. The van der Waals surface area contributed by atoms with E-state index in [0.29, 0.717) is 17.9 Å². The van der Waals surface area contributed by atoms with Gasteiger partial charge in [-0.05, 0) is 38.8 Å². The lowest BCUT2D eigenvalue weighted by Gasteiger charge is -2.47. The molecule has 7 heteroatoms. The van der Waals surface area contributed by atoms with Gasteiger partial charge in [0, 0.05) is 24.2 Å². The van der Waals surface area contributed by atoms with Crippen molar-refractivity contribution in [2.24, 2.45) is 0 Å². The van der Waals surface area contributed by atoms with Crippen molar-refractivity contribution in [3.8, 4) is 0 Å². The Morgan fingerprint density at radius 1 is 1.38 bits per heavy atom. The standard InChI is InChI=1S/C14H19ClN4O2/c1-18-10-3-2-4-11(18)8-9(7-10)16-14-12(19(20)21)5-6-13(15)17-14/h5-6,9-11H,2-4,7-8H2,1H3,(H,16,17). The summed E-state index contributed by atoms with van der Waals surface area (Å²) in [7, 11) is 2.19. The quantitative estimate of drug-likeness (QED) is 0.528. The third-order valence-corrected chi connectivity index (χ3v) is 4.93. The number of nitro groups is 1. The highest BCUT2D eigenvalue weighted by Crippen LogP contribution is 2.35. The van der Waals surface area contributed by atoms with Gasteiger partial charge in [0.25, 0.3) is 0 Å². The third kappa shape index (κ3) is 2.96. The predicted octanol–water partition coefficient (Wildman–Crippen LogP) is 3.07. The van der Waals surface area contributed by atoms with Crippen LogP contribution in [0.5, 0.6) is 0 Å². The summed E-state index contributed by atoms with van der Waals surface area (Å²) in [6, 6.07) is 4.21. The molecular weight excluding hydrogens is 292 g/mol. The van der Waals surface area contributed by atoms with Crippen LogP contribution in [0.15, 0.2) is 12.1 Å². The van der Waals surface area contributed by atoms with E-state index in [1.807, 2.05) is 0 Å². The largest absolute Gasteiger partial charge is 0.361 e. The van der Waals surface area contributed by atoms with Crippen LogP contribution in [-0.2, 0) is 0 Å². The SMILES string of the molecule is CN1C2CCCC1CC(Nc1nc(Cl)ccc1[N+](=O)[O-])C2. The van der Waals surface area contributed by atoms with Crippen molar-refractivity contribution in [1.82, 2.24) is 9.88 Å². The molecule has 0 radical (unpaired) electrons. The predicted molar refractivity (Wildman–Crippen MR) is 81.7 cm³/mol. The molecule has 1 aromatic heterocycles. The maximum absolute atomic E-state index is 11.1. The van der Waals surface area contributed by atoms with Gasteiger partial charge in [0.2, 0.25) is 5.82 Å². The van der Waals surface area contributed by atoms with Gasteiger partial charge >= 0.3 is 5.69 Å². The van der Waals surface area contributed by atoms with Gasteiger partial charge in [0.1, 0.15) is 5.15 Å². The summed E-state index contributed by atoms with van der Waals surface area (Å²) in [5, 5.41) is 14.6. The number of nitrogens with zero attached hydrogens (tertiary/aromatic N) is 3. The average molecular weight is 311 g/mol. The number of rotatable bonds is 3. The van der Waals surface area contributed by atoms with Gasteiger partial charge < -0.3 is 10.2 Å². The molecule has 2 unspecified atom stereocenters. The second-order valence-corrected chi connectivity index (χ2v) is 6.36. The number of pyridine rings is 1. The molecule has 21 heavy (non-hydrogen) atoms. The first-order valence-electron chi connectivity index (χ1n) is 7.34. The van der Waals surface area contributed by atoms with Crippen molar-refractivity contribution in [3.63, 3.8) is 0 Å². The first kappa shape index (κ1) is 14.5. The Morgan fingerprint density at radius 2 is 2.05 bits per heavy atom. The average Bonchev–Trinajstić information content (AvgIpc) is 2.39. The molecule has 2 atom stereocenters. The maximum Gasteiger partial charge on any atom is 0.311 e. The Balaban J connectivity index is 1.78. The zero-order valence-corrected chi connectivity index (χ0v) is 12.7. The van der Waals surface area contributed by atoms with Gasteiger partial charge in [-0.3, -0.25) is 10.1 Å². The van der Waals surface area contributed by atoms with Gasteiger partial charge in [-0.2, -0.15) is 0 Å². The lowest BCUT2D eigenvalue weighted by Crippen LogP contribution is -2.52. The topological polar surface area (TPSA) is 71.3 Å². The molecule has 0 spiro atoms. The Hall–Kier alpha value is -1.40. The van der Waals surface area contributed by atoms with Crippen molar-refractivity contribution < 1.29 is 4.92 Å². The maximum atomic E-state index is 11.1. The summed E-state index contributed by atoms with van der Waals surface area (Å²) in [5.41, 5.74) is -0.0107. The Bertz CT molecular complexity index is 540. The Kier molecular flexibility index (Phi) is 3.99. The third-order valence-electron chi connectivity index (χ3n) is 4.72. The zero-order valence-electron chi connectivity index (χ0n) is 12.0. The van der Waals surface area contributed by atoms with Gasteiger partial charge in [0.05, 0.1) is 4.92 Å². The van der Waals surface area contributed by atoms with E-state index in [-0.39, 0.29) is 16.9 Å². The van der Waals surface area contributed by atoms with E-state index in [2.05, 4.69) is 22.2 Å². The lowest BCUT2D eigenvalue weighted by molar-refractivity contribution is -0.384. The van der Waals surface area contributed by atoms with Crippen LogP contribution in [0.3, 0.4) is 0 Å². The van der Waals surface area contributed by atoms with Gasteiger partial charge in [-0.1, -0.05) is 18.0 Å². The molecule has 114 valence electrons. The number of hydrogen-bond acceptors (Lipinski definition) is 5. The Labute approximate surface area is 128 Å². The van der Waals surface area contributed by atoms with Gasteiger partial charge in [-0.15, -0.1) is 0 Å². The fourth-order valence-electron chi connectivity index (χ4n) is 3.61. The number of fused-ring (bicyclic) bond motifs is 2. The molecule has 3 heterocycles. The number of aromatic nitrogens is 1. The molecule has 1 aromatic rings. The molecule has 2 bridgehead atoms. The van der Waals surface area contributed by atoms with Crippen molar-refractivity contribution in [2.45, 2.75) is 50.2 Å². The number of halogens is 1. The first-order valence-corrected chi connectivity index (χ1v) is 7.72. The van der Waals surface area contributed by atoms with E-state index < -0.39 is 4.92 Å². The number of anilines is 1. The first-order chi connectivity index (χ1) is 10.0. The molecule has 2 saturated heterocycles. The summed E-state index contributed by atoms with van der Waals surface area (Å²) < 4.78 is 0. The highest BCUT2D eigenvalue weighted by atomic mass is 35.5. The fraction of sp³-hybridized carbons (Fsp3) is 0.643. The summed E-state index contributed by atoms with van der Waals surface area (Å²) in [6.45, 7) is 0. The molecule has 0 saturated carbocycles. The number of hydrogen-bond donors (Lipinski definition) is 1. The van der Waals surface area contributed by atoms with E-state index in [9.17, 15) is 10.1 Å². The summed E-state index contributed by atoms with van der Waals surface area (Å²) in [6.07, 6.45) is 5.69. The van der Waals surface area contributed by atoms with Gasteiger partial charge in [-0.25, -0.2) is 4.98 Å². The van der Waals surface area contributed by atoms with Crippen LogP contribution in [-0.4, -0.2) is 40.0 Å². The van der Waals surface area contributed by atoms with Crippen molar-refractivity contribution in [2.75, 3.05) is 12.4 Å². The molecule has 2 aliphatic rings. The highest BCUT2D eigenvalue weighted by molar-refractivity contribution is 6.29. The van der Waals surface area contributed by atoms with Crippen LogP contribution in [0.4, 0.5) is 11.5 Å². The minimum absolute atomic E-state index is 0.0107. The van der Waals surface area contributed by atoms with E-state index in [0.717, 1.165) is 12.8 Å². The zero-order chi connectivity index (χ0) is 15.0. The monoisotopic (exact) mass is 310 g/mol. The van der Waals surface area contributed by atoms with Crippen LogP contribution in [0.25, 0.3) is 0 Å². The van der Waals surface area contributed by atoms with Gasteiger partial charge in [0.15, 0.2) is 0 Å². The van der Waals surface area contributed by atoms with Crippen molar-refractivity contribution >= 4 is 23.1 Å². The van der Waals surface area contributed by atoms with E-state index >= 15 is 0 Å². The van der Waals surface area contributed by atoms with Crippen LogP contribution < -0.4 is 5.32 Å². The molecule has 0 amide bonds. The smallest absolute Gasteiger partial charge is 0.311 e. The van der Waals surface area contributed by atoms with Crippen molar-refractivity contribution in [3.05, 3.63) is 27.4 Å². The van der Waals surface area contributed by atoms with E-state index in [4.69, 9.17) is 11.6 Å². The van der Waals surface area contributed by atoms with Crippen LogP contribution in [0, 0.1) is 10.1 Å². The normalized spacial score (nSPS) is 29.1. The second kappa shape index (κ2) is 5.77. The lowest BCUT2D eigenvalue weighted by atomic mass is 9.82. The molecule has 3 rings (SSSR count).